The second kappa shape index (κ2) is 12.9. The number of nitrogens with zero attached hydrogens (tertiary/aromatic N) is 4. The number of thioether (sulfide) groups is 1. The Balaban J connectivity index is 2.08. The van der Waals surface area contributed by atoms with Crippen LogP contribution in [0.15, 0.2) is 9.70 Å². The number of hydrogen-bond acceptors (Lipinski definition) is 6. The van der Waals surface area contributed by atoms with E-state index in [0.717, 1.165) is 69.4 Å². The normalized spacial score (nSPS) is 18.8. The summed E-state index contributed by atoms with van der Waals surface area (Å²) in [7, 11) is 0. The molecule has 1 aromatic rings. The van der Waals surface area contributed by atoms with Crippen LogP contribution in [0, 0.1) is 30.1 Å². The SMILES string of the molecule is CCCCC(CC)CN1C(=O)/C(=C\c2c(C)c(C#N)c(=O)n(CCC)c2N2CCC(C)CC2)SC1=S. The first-order valence-corrected chi connectivity index (χ1v) is 14.7. The minimum atomic E-state index is -0.239. The van der Waals surface area contributed by atoms with Crippen LogP contribution >= 0.6 is 24.0 Å². The van der Waals surface area contributed by atoms with Crippen LogP contribution in [0.1, 0.15) is 89.3 Å². The van der Waals surface area contributed by atoms with Crippen LogP contribution in [-0.2, 0) is 11.3 Å². The Morgan fingerprint density at radius 1 is 1.19 bits per heavy atom. The summed E-state index contributed by atoms with van der Waals surface area (Å²) in [4.78, 5) is 31.4. The maximum atomic E-state index is 13.5. The van der Waals surface area contributed by atoms with Crippen LogP contribution in [0.5, 0.6) is 0 Å². The van der Waals surface area contributed by atoms with Gasteiger partial charge < -0.3 is 4.90 Å². The van der Waals surface area contributed by atoms with Crippen LogP contribution < -0.4 is 10.5 Å². The highest BCUT2D eigenvalue weighted by Crippen LogP contribution is 2.37. The van der Waals surface area contributed by atoms with Crippen LogP contribution in [0.25, 0.3) is 6.08 Å². The highest BCUT2D eigenvalue weighted by atomic mass is 32.2. The summed E-state index contributed by atoms with van der Waals surface area (Å²) in [6.07, 6.45) is 9.17. The predicted molar refractivity (Wildman–Crippen MR) is 154 cm³/mol. The number of carbonyl (C=O) groups is 1. The van der Waals surface area contributed by atoms with Gasteiger partial charge in [-0.2, -0.15) is 5.26 Å². The molecule has 1 atom stereocenters. The smallest absolute Gasteiger partial charge is 0.270 e. The lowest BCUT2D eigenvalue weighted by Gasteiger charge is -2.35. The molecule has 2 saturated heterocycles. The maximum Gasteiger partial charge on any atom is 0.270 e. The van der Waals surface area contributed by atoms with Crippen LogP contribution in [0.2, 0.25) is 0 Å². The minimum Gasteiger partial charge on any atom is -0.357 e. The van der Waals surface area contributed by atoms with Crippen molar-refractivity contribution in [3.05, 3.63) is 31.9 Å². The fraction of sp³-hybridized carbons (Fsp3) is 0.643. The summed E-state index contributed by atoms with van der Waals surface area (Å²) >= 11 is 6.97. The summed E-state index contributed by atoms with van der Waals surface area (Å²) < 4.78 is 2.35. The van der Waals surface area contributed by atoms with E-state index in [1.807, 2.05) is 19.9 Å². The van der Waals surface area contributed by atoms with Gasteiger partial charge in [-0.15, -0.1) is 0 Å². The highest BCUT2D eigenvalue weighted by molar-refractivity contribution is 8.26. The molecule has 3 heterocycles. The van der Waals surface area contributed by atoms with E-state index in [1.165, 1.54) is 11.8 Å². The molecule has 36 heavy (non-hydrogen) atoms. The third-order valence-electron chi connectivity index (χ3n) is 7.51. The summed E-state index contributed by atoms with van der Waals surface area (Å²) in [6.45, 7) is 13.4. The van der Waals surface area contributed by atoms with Gasteiger partial charge in [0.25, 0.3) is 11.5 Å². The molecule has 0 aromatic carbocycles. The van der Waals surface area contributed by atoms with E-state index in [4.69, 9.17) is 12.2 Å². The molecule has 0 spiro atoms. The number of hydrogen-bond donors (Lipinski definition) is 0. The third kappa shape index (κ3) is 6.06. The summed E-state index contributed by atoms with van der Waals surface area (Å²) in [6, 6.07) is 2.14. The molecule has 1 amide bonds. The van der Waals surface area contributed by atoms with E-state index >= 15 is 0 Å². The van der Waals surface area contributed by atoms with Gasteiger partial charge in [0.2, 0.25) is 0 Å². The van der Waals surface area contributed by atoms with E-state index in [1.54, 1.807) is 9.47 Å². The van der Waals surface area contributed by atoms with E-state index in [2.05, 4.69) is 31.7 Å². The molecule has 1 aromatic heterocycles. The van der Waals surface area contributed by atoms with E-state index in [0.29, 0.717) is 39.7 Å². The van der Waals surface area contributed by atoms with Gasteiger partial charge in [0.05, 0.1) is 4.91 Å². The standard InChI is InChI=1S/C28H40N4O2S2/c1-6-9-10-21(8-3)18-32-27(34)24(36-28(32)35)16-22-20(5)23(17-29)26(33)31(13-7-2)25(22)30-14-11-19(4)12-15-30/h16,19,21H,6-15,18H2,1-5H3/b24-16+. The summed E-state index contributed by atoms with van der Waals surface area (Å²) in [5.74, 6) is 1.84. The van der Waals surface area contributed by atoms with Crippen molar-refractivity contribution in [3.63, 3.8) is 0 Å². The first-order valence-electron chi connectivity index (χ1n) is 13.4. The molecule has 196 valence electrons. The predicted octanol–water partition coefficient (Wildman–Crippen LogP) is 6.09. The van der Waals surface area contributed by atoms with Gasteiger partial charge in [0, 0.05) is 31.7 Å². The van der Waals surface area contributed by atoms with Gasteiger partial charge in [0.15, 0.2) is 0 Å². The minimum absolute atomic E-state index is 0.0654. The van der Waals surface area contributed by atoms with Crippen LogP contribution in [0.4, 0.5) is 5.82 Å². The number of nitriles is 1. The maximum absolute atomic E-state index is 13.5. The van der Waals surface area contributed by atoms with Crippen molar-refractivity contribution in [2.75, 3.05) is 24.5 Å². The van der Waals surface area contributed by atoms with E-state index in [-0.39, 0.29) is 17.0 Å². The second-order valence-corrected chi connectivity index (χ2v) is 11.9. The molecule has 0 radical (unpaired) electrons. The Labute approximate surface area is 225 Å². The van der Waals surface area contributed by atoms with Crippen LogP contribution in [-0.4, -0.2) is 39.3 Å². The number of anilines is 1. The number of pyridine rings is 1. The second-order valence-electron chi connectivity index (χ2n) is 10.2. The Morgan fingerprint density at radius 3 is 2.47 bits per heavy atom. The molecule has 8 heteroatoms. The fourth-order valence-corrected chi connectivity index (χ4v) is 6.36. The van der Waals surface area contributed by atoms with Crippen molar-refractivity contribution >= 4 is 46.1 Å². The van der Waals surface area contributed by atoms with Crippen LogP contribution in [0.3, 0.4) is 0 Å². The molecule has 2 aliphatic rings. The molecule has 0 saturated carbocycles. The van der Waals surface area contributed by atoms with Crippen molar-refractivity contribution in [2.45, 2.75) is 86.1 Å². The topological polar surface area (TPSA) is 69.3 Å². The Kier molecular flexibility index (Phi) is 10.2. The number of rotatable bonds is 10. The first kappa shape index (κ1) is 28.5. The van der Waals surface area contributed by atoms with Crippen molar-refractivity contribution < 1.29 is 4.79 Å². The number of thiocarbonyl (C=S) groups is 1. The lowest BCUT2D eigenvalue weighted by Crippen LogP contribution is -2.39. The fourth-order valence-electron chi connectivity index (χ4n) is 5.10. The molecule has 0 bridgehead atoms. The Morgan fingerprint density at radius 2 is 1.89 bits per heavy atom. The van der Waals surface area contributed by atoms with Crippen molar-refractivity contribution in [1.82, 2.24) is 9.47 Å². The van der Waals surface area contributed by atoms with Gasteiger partial charge in [-0.25, -0.2) is 0 Å². The Hall–Kier alpha value is -2.11. The van der Waals surface area contributed by atoms with Gasteiger partial charge >= 0.3 is 0 Å². The molecule has 0 aliphatic carbocycles. The van der Waals surface area contributed by atoms with Gasteiger partial charge in [-0.3, -0.25) is 19.1 Å². The van der Waals surface area contributed by atoms with Gasteiger partial charge in [-0.1, -0.05) is 70.9 Å². The molecular weight excluding hydrogens is 488 g/mol. The monoisotopic (exact) mass is 528 g/mol. The quantitative estimate of drug-likeness (QED) is 0.270. The van der Waals surface area contributed by atoms with Crippen molar-refractivity contribution in [3.8, 4) is 6.07 Å². The largest absolute Gasteiger partial charge is 0.357 e. The molecule has 6 nitrogen and oxygen atoms in total. The summed E-state index contributed by atoms with van der Waals surface area (Å²) in [5.41, 5.74) is 1.36. The number of aromatic nitrogens is 1. The van der Waals surface area contributed by atoms with Crippen molar-refractivity contribution in [1.29, 1.82) is 5.26 Å². The molecule has 1 unspecified atom stereocenters. The molecule has 0 N–H and O–H groups in total. The zero-order valence-corrected chi connectivity index (χ0v) is 24.1. The van der Waals surface area contributed by atoms with Gasteiger partial charge in [0.1, 0.15) is 21.8 Å². The zero-order chi connectivity index (χ0) is 26.4. The lowest BCUT2D eigenvalue weighted by molar-refractivity contribution is -0.122. The molecule has 3 rings (SSSR count). The van der Waals surface area contributed by atoms with E-state index in [9.17, 15) is 14.9 Å². The average molecular weight is 529 g/mol. The summed E-state index contributed by atoms with van der Waals surface area (Å²) in [5, 5.41) is 9.85. The lowest BCUT2D eigenvalue weighted by atomic mass is 9.97. The average Bonchev–Trinajstić information content (AvgIpc) is 3.12. The van der Waals surface area contributed by atoms with E-state index < -0.39 is 0 Å². The zero-order valence-electron chi connectivity index (χ0n) is 22.4. The number of amides is 1. The first-order chi connectivity index (χ1) is 17.3. The van der Waals surface area contributed by atoms with Crippen molar-refractivity contribution in [2.24, 2.45) is 11.8 Å². The molecule has 2 fully saturated rings. The Bertz CT molecular complexity index is 1110. The number of piperidine rings is 1. The third-order valence-corrected chi connectivity index (χ3v) is 8.89. The molecule has 2 aliphatic heterocycles. The number of carbonyl (C=O) groups excluding carboxylic acids is 1. The highest BCUT2D eigenvalue weighted by Gasteiger charge is 2.34. The molecular formula is C28H40N4O2S2. The number of unbranched alkanes of at least 4 members (excludes halogenated alkanes) is 1. The van der Waals surface area contributed by atoms with Gasteiger partial charge in [-0.05, 0) is 56.1 Å².